The molecule has 5 heteroatoms. The highest BCUT2D eigenvalue weighted by Crippen LogP contribution is 2.77. The number of hydrogen-bond donors (Lipinski definition) is 0. The van der Waals surface area contributed by atoms with Crippen molar-refractivity contribution in [2.45, 2.75) is 71.6 Å². The van der Waals surface area contributed by atoms with E-state index in [0.29, 0.717) is 19.6 Å². The van der Waals surface area contributed by atoms with Crippen LogP contribution in [0.5, 0.6) is 0 Å². The molecule has 1 aromatic rings. The van der Waals surface area contributed by atoms with E-state index in [0.717, 1.165) is 22.5 Å². The van der Waals surface area contributed by atoms with Crippen LogP contribution in [0.15, 0.2) is 66.0 Å². The number of benzene rings is 1. The van der Waals surface area contributed by atoms with Gasteiger partial charge in [-0.25, -0.2) is 0 Å². The maximum atomic E-state index is 14.4. The minimum atomic E-state index is -2.19. The zero-order valence-electron chi connectivity index (χ0n) is 21.0. The molecule has 2 fully saturated rings. The minimum absolute atomic E-state index is 0.0206. The molecule has 6 rings (SSSR count). The zero-order chi connectivity index (χ0) is 24.1. The van der Waals surface area contributed by atoms with Gasteiger partial charge in [0.1, 0.15) is 0 Å². The number of carbonyl (C=O) groups excluding carboxylic acids is 1. The first kappa shape index (κ1) is 22.8. The number of rotatable bonds is 5. The molecular weight excluding hydrogens is 428 g/mol. The Morgan fingerprint density at radius 3 is 2.45 bits per heavy atom. The van der Waals surface area contributed by atoms with E-state index in [-0.39, 0.29) is 10.8 Å². The summed E-state index contributed by atoms with van der Waals surface area (Å²) < 4.78 is 20.1. The van der Waals surface area contributed by atoms with Crippen LogP contribution in [0.4, 0.5) is 0 Å². The predicted octanol–water partition coefficient (Wildman–Crippen LogP) is 6.32. The molecule has 1 aliphatic heterocycles. The number of carbonyl (C=O) groups is 1. The van der Waals surface area contributed by atoms with E-state index in [9.17, 15) is 4.79 Å². The van der Waals surface area contributed by atoms with Gasteiger partial charge in [-0.3, -0.25) is 4.79 Å². The van der Waals surface area contributed by atoms with Gasteiger partial charge in [0.25, 0.3) is 0 Å². The Morgan fingerprint density at radius 2 is 1.82 bits per heavy atom. The van der Waals surface area contributed by atoms with Crippen molar-refractivity contribution < 1.29 is 18.7 Å². The molecule has 0 N–H and O–H groups in total. The third kappa shape index (κ3) is 2.51. The number of Topliss-reactive ketones (excluding diaryl/α,β-unsaturated/α-hetero) is 1. The van der Waals surface area contributed by atoms with Gasteiger partial charge in [0, 0.05) is 5.41 Å². The van der Waals surface area contributed by atoms with Crippen molar-refractivity contribution in [1.29, 1.82) is 0 Å². The summed E-state index contributed by atoms with van der Waals surface area (Å²) in [5, 5.41) is 0.0206. The third-order valence-electron chi connectivity index (χ3n) is 9.41. The summed E-state index contributed by atoms with van der Waals surface area (Å²) in [7, 11) is -2.19. The standard InChI is InChI=1S/C28H36O4Si/c1-19-14-15-21-25(5)18-31-28(30-17-20-12-10-9-11-13-20)23(29)27(19,21)16-22(26(25,28)6)32-33(7,8)24(2,3)4/h9-13,15-16H,1,14,17-18H2,2-8H3/t25-,26-,27+,28+/m0/s1. The Kier molecular flexibility index (Phi) is 4.55. The molecular formula is C28H36O4Si. The first-order valence-corrected chi connectivity index (χ1v) is 14.9. The fraction of sp³-hybridized carbons (Fsp3) is 0.536. The fourth-order valence-corrected chi connectivity index (χ4v) is 7.19. The van der Waals surface area contributed by atoms with Crippen LogP contribution < -0.4 is 0 Å². The van der Waals surface area contributed by atoms with Crippen molar-refractivity contribution in [3.8, 4) is 0 Å². The van der Waals surface area contributed by atoms with E-state index < -0.39 is 30.3 Å². The van der Waals surface area contributed by atoms with Gasteiger partial charge in [0.2, 0.25) is 19.9 Å². The van der Waals surface area contributed by atoms with Crippen LogP contribution in [-0.4, -0.2) is 26.5 Å². The molecule has 4 atom stereocenters. The molecule has 176 valence electrons. The lowest BCUT2D eigenvalue weighted by atomic mass is 9.42. The van der Waals surface area contributed by atoms with Crippen molar-refractivity contribution >= 4 is 14.1 Å². The van der Waals surface area contributed by atoms with E-state index >= 15 is 0 Å². The maximum absolute atomic E-state index is 14.4. The van der Waals surface area contributed by atoms with Crippen LogP contribution in [0.25, 0.3) is 0 Å². The third-order valence-corrected chi connectivity index (χ3v) is 13.8. The molecule has 1 saturated heterocycles. The molecule has 1 heterocycles. The molecule has 0 amide bonds. The monoisotopic (exact) mass is 464 g/mol. The average Bonchev–Trinajstić information content (AvgIpc) is 3.18. The van der Waals surface area contributed by atoms with Gasteiger partial charge in [-0.1, -0.05) is 76.3 Å². The summed E-state index contributed by atoms with van der Waals surface area (Å²) in [5.41, 5.74) is 0.938. The largest absolute Gasteiger partial charge is 0.546 e. The quantitative estimate of drug-likeness (QED) is 0.378. The minimum Gasteiger partial charge on any atom is -0.546 e. The molecule has 5 aliphatic rings. The Morgan fingerprint density at radius 1 is 1.15 bits per heavy atom. The molecule has 1 spiro atoms. The number of ether oxygens (including phenoxy) is 2. The van der Waals surface area contributed by atoms with Crippen molar-refractivity contribution in [1.82, 2.24) is 0 Å². The predicted molar refractivity (Wildman–Crippen MR) is 132 cm³/mol. The lowest BCUT2D eigenvalue weighted by Gasteiger charge is -2.62. The SMILES string of the molecule is C=C1CC=C2[C@@]13C=C(O[Si](C)(C)C(C)(C)C)[C@]1(C)[C@](OCc4ccccc4)(OC[C@@]21C)C3=O. The Labute approximate surface area is 198 Å². The van der Waals surface area contributed by atoms with Crippen molar-refractivity contribution in [2.24, 2.45) is 16.2 Å². The van der Waals surface area contributed by atoms with Crippen LogP contribution in [0, 0.1) is 16.2 Å². The summed E-state index contributed by atoms with van der Waals surface area (Å²) in [5.74, 6) is -0.601. The van der Waals surface area contributed by atoms with Gasteiger partial charge in [-0.2, -0.15) is 0 Å². The highest BCUT2D eigenvalue weighted by atomic mass is 28.4. The van der Waals surface area contributed by atoms with Gasteiger partial charge in [-0.05, 0) is 48.7 Å². The maximum Gasteiger partial charge on any atom is 0.250 e. The van der Waals surface area contributed by atoms with Crippen LogP contribution >= 0.6 is 0 Å². The molecule has 0 radical (unpaired) electrons. The van der Waals surface area contributed by atoms with Gasteiger partial charge >= 0.3 is 0 Å². The van der Waals surface area contributed by atoms with Crippen LogP contribution in [0.2, 0.25) is 18.1 Å². The van der Waals surface area contributed by atoms with Crippen LogP contribution in [-0.2, 0) is 25.3 Å². The van der Waals surface area contributed by atoms with Crippen LogP contribution in [0.1, 0.15) is 46.6 Å². The van der Waals surface area contributed by atoms with Gasteiger partial charge < -0.3 is 13.9 Å². The summed E-state index contributed by atoms with van der Waals surface area (Å²) in [4.78, 5) is 14.4. The zero-order valence-corrected chi connectivity index (χ0v) is 22.0. The van der Waals surface area contributed by atoms with E-state index in [2.05, 4.69) is 66.4 Å². The van der Waals surface area contributed by atoms with E-state index in [1.165, 1.54) is 0 Å². The molecule has 4 nitrogen and oxygen atoms in total. The number of hydrogen-bond acceptors (Lipinski definition) is 4. The van der Waals surface area contributed by atoms with Crippen molar-refractivity contribution in [3.05, 3.63) is 71.5 Å². The summed E-state index contributed by atoms with van der Waals surface area (Å²) >= 11 is 0. The molecule has 4 aliphatic carbocycles. The molecule has 33 heavy (non-hydrogen) atoms. The summed E-state index contributed by atoms with van der Waals surface area (Å²) in [6.07, 6.45) is 4.98. The Bertz CT molecular complexity index is 1110. The van der Waals surface area contributed by atoms with Gasteiger partial charge in [-0.15, -0.1) is 0 Å². The molecule has 1 saturated carbocycles. The first-order valence-electron chi connectivity index (χ1n) is 11.9. The summed E-state index contributed by atoms with van der Waals surface area (Å²) in [6, 6.07) is 9.97. The number of allylic oxidation sites excluding steroid dienone is 3. The molecule has 1 aromatic carbocycles. The highest BCUT2D eigenvalue weighted by molar-refractivity contribution is 6.74. The second kappa shape index (κ2) is 6.59. The lowest BCUT2D eigenvalue weighted by molar-refractivity contribution is -0.259. The second-order valence-corrected chi connectivity index (χ2v) is 16.8. The normalized spacial score (nSPS) is 37.2. The van der Waals surface area contributed by atoms with Gasteiger partial charge in [0.15, 0.2) is 0 Å². The lowest BCUT2D eigenvalue weighted by Crippen LogP contribution is -2.70. The van der Waals surface area contributed by atoms with Gasteiger partial charge in [0.05, 0.1) is 29.8 Å². The average molecular weight is 465 g/mol. The van der Waals surface area contributed by atoms with Crippen LogP contribution in [0.3, 0.4) is 0 Å². The highest BCUT2D eigenvalue weighted by Gasteiger charge is 2.84. The van der Waals surface area contributed by atoms with E-state index in [1.807, 2.05) is 30.3 Å². The first-order chi connectivity index (χ1) is 15.3. The molecule has 4 bridgehead atoms. The topological polar surface area (TPSA) is 44.8 Å². The second-order valence-electron chi connectivity index (χ2n) is 12.1. The Balaban J connectivity index is 1.69. The molecule has 0 unspecified atom stereocenters. The smallest absolute Gasteiger partial charge is 0.250 e. The fourth-order valence-electron chi connectivity index (χ4n) is 6.07. The summed E-state index contributed by atoms with van der Waals surface area (Å²) in [6.45, 7) is 20.6. The van der Waals surface area contributed by atoms with E-state index in [1.54, 1.807) is 0 Å². The Hall–Kier alpha value is -1.95. The molecule has 0 aromatic heterocycles. The van der Waals surface area contributed by atoms with E-state index in [4.69, 9.17) is 13.9 Å². The van der Waals surface area contributed by atoms with Crippen molar-refractivity contribution in [3.63, 3.8) is 0 Å². The van der Waals surface area contributed by atoms with Crippen molar-refractivity contribution in [2.75, 3.05) is 6.61 Å². The number of ketones is 1.